The van der Waals surface area contributed by atoms with Gasteiger partial charge >= 0.3 is 17.8 Å². The van der Waals surface area contributed by atoms with E-state index in [1.54, 1.807) is 62.4 Å². The minimum atomic E-state index is -5.69. The van der Waals surface area contributed by atoms with Crippen LogP contribution in [-0.2, 0) is 64.2 Å². The van der Waals surface area contributed by atoms with E-state index >= 15 is 17.6 Å². The van der Waals surface area contributed by atoms with Crippen LogP contribution in [-0.4, -0.2) is 119 Å². The predicted octanol–water partition coefficient (Wildman–Crippen LogP) is 6.34. The molecule has 4 aliphatic rings. The second-order valence-corrected chi connectivity index (χ2v) is 24.4. The highest BCUT2D eigenvalue weighted by Crippen LogP contribution is 2.39. The number of anilines is 1. The van der Waals surface area contributed by atoms with E-state index in [1.807, 2.05) is 66.1 Å². The Labute approximate surface area is 471 Å². The highest BCUT2D eigenvalue weighted by Gasteiger charge is 2.67. The Morgan fingerprint density at radius 3 is 1.65 bits per heavy atom. The Morgan fingerprint density at radius 1 is 0.617 bits per heavy atom. The van der Waals surface area contributed by atoms with Gasteiger partial charge < -0.3 is 47.0 Å². The lowest BCUT2D eigenvalue weighted by Crippen LogP contribution is -2.61. The van der Waals surface area contributed by atoms with Gasteiger partial charge in [0.25, 0.3) is 5.91 Å². The Morgan fingerprint density at radius 2 is 1.12 bits per heavy atom. The van der Waals surface area contributed by atoms with Crippen molar-refractivity contribution in [3.8, 4) is 0 Å². The third-order valence-corrected chi connectivity index (χ3v) is 16.4. The summed E-state index contributed by atoms with van der Waals surface area (Å²) < 4.78 is 64.2. The fourth-order valence-electron chi connectivity index (χ4n) is 11.2. The maximum Gasteiger partial charge on any atom is 0.395 e. The molecule has 2 heterocycles. The number of carbonyl (C=O) groups excluding carboxylic acids is 8. The number of amides is 8. The molecule has 0 spiro atoms. The maximum absolute atomic E-state index is 16.1. The van der Waals surface area contributed by atoms with Crippen LogP contribution in [0.3, 0.4) is 0 Å². The van der Waals surface area contributed by atoms with Crippen LogP contribution in [0.5, 0.6) is 0 Å². The van der Waals surface area contributed by atoms with Crippen molar-refractivity contribution in [2.75, 3.05) is 18.9 Å². The first-order valence-electron chi connectivity index (χ1n) is 28.1. The van der Waals surface area contributed by atoms with E-state index in [0.717, 1.165) is 52.8 Å². The van der Waals surface area contributed by atoms with Crippen molar-refractivity contribution in [1.29, 1.82) is 0 Å². The van der Waals surface area contributed by atoms with Crippen molar-refractivity contribution in [2.45, 2.75) is 187 Å². The van der Waals surface area contributed by atoms with Gasteiger partial charge in [-0.25, -0.2) is 0 Å². The summed E-state index contributed by atoms with van der Waals surface area (Å²) in [6.45, 7) is 14.5. The van der Waals surface area contributed by atoms with Crippen LogP contribution in [0, 0.1) is 16.7 Å². The smallest absolute Gasteiger partial charge is 0.347 e. The molecule has 0 saturated carbocycles. The number of nitrogens with one attached hydrogen (secondary N) is 7. The summed E-state index contributed by atoms with van der Waals surface area (Å²) in [4.78, 5) is 114. The van der Waals surface area contributed by atoms with Gasteiger partial charge in [0.2, 0.25) is 35.4 Å². The molecular weight excluding hydrogens is 1050 g/mol. The Hall–Kier alpha value is -6.90. The zero-order valence-corrected chi connectivity index (χ0v) is 48.0. The summed E-state index contributed by atoms with van der Waals surface area (Å²) in [7, 11) is 1.54. The quantitative estimate of drug-likeness (QED) is 0.0748. The molecule has 7 rings (SSSR count). The second-order valence-electron chi connectivity index (χ2n) is 24.4. The lowest BCUT2D eigenvalue weighted by atomic mass is 9.83. The van der Waals surface area contributed by atoms with E-state index in [4.69, 9.17) is 0 Å². The topological polar surface area (TPSA) is 227 Å². The zero-order chi connectivity index (χ0) is 59.5. The number of nitrogens with zero attached hydrogens (tertiary/aromatic N) is 2. The number of rotatable bonds is 17. The van der Waals surface area contributed by atoms with Crippen molar-refractivity contribution in [3.05, 3.63) is 100 Å². The van der Waals surface area contributed by atoms with Crippen LogP contribution < -0.4 is 37.2 Å². The highest BCUT2D eigenvalue weighted by molar-refractivity contribution is 6.02. The van der Waals surface area contributed by atoms with Crippen LogP contribution in [0.4, 0.5) is 23.2 Å². The summed E-state index contributed by atoms with van der Waals surface area (Å²) in [5, 5.41) is 18.2. The standard InChI is InChI=1S/C60H79F4N9O8/c1-11-33(2)49(74)70-47(57(4,5)6)53(78)72-31-38-28-39(27-26-37(38)29-45(72)51(76)68-43-24-16-20-35-18-12-14-22-41(35)43)66-55(80)59(61,62)60(63,64)56(81)67-40-30-46(52(77)69-44-25-17-21-36-19-13-15-23-42(36)44)73(32-40)54(79)48(58(7,8)9)71-50(75)34(3)65-10/h12-15,18-19,22-23,26-28,33-34,40,43-48,65H,11,16-17,20-21,24-25,29-32H2,1-10H3,(H,66,80)(H,67,81)(H,68,76)(H,69,77)(H,70,74)(H,71,75)/t33-,34+,40+,43?,44?,45+,46+,47-,48-/m1/s1. The van der Waals surface area contributed by atoms with Gasteiger partial charge in [0, 0.05) is 37.2 Å². The molecule has 3 aromatic carbocycles. The average Bonchev–Trinajstić information content (AvgIpc) is 3.93. The molecule has 2 aliphatic carbocycles. The number of carbonyl (C=O) groups is 8. The molecule has 81 heavy (non-hydrogen) atoms. The van der Waals surface area contributed by atoms with Gasteiger partial charge in [-0.1, -0.05) is 110 Å². The lowest BCUT2D eigenvalue weighted by molar-refractivity contribution is -0.208. The van der Waals surface area contributed by atoms with Gasteiger partial charge in [0.1, 0.15) is 24.2 Å². The first-order chi connectivity index (χ1) is 38.0. The highest BCUT2D eigenvalue weighted by atomic mass is 19.3. The number of hydrogen-bond acceptors (Lipinski definition) is 9. The summed E-state index contributed by atoms with van der Waals surface area (Å²) >= 11 is 0. The second kappa shape index (κ2) is 24.7. The number of hydrogen-bond donors (Lipinski definition) is 7. The number of benzene rings is 3. The molecule has 21 heteroatoms. The van der Waals surface area contributed by atoms with Gasteiger partial charge in [0.15, 0.2) is 0 Å². The van der Waals surface area contributed by atoms with Crippen molar-refractivity contribution in [3.63, 3.8) is 0 Å². The van der Waals surface area contributed by atoms with Crippen molar-refractivity contribution < 1.29 is 55.9 Å². The Bertz CT molecular complexity index is 2890. The van der Waals surface area contributed by atoms with Crippen molar-refractivity contribution >= 4 is 52.9 Å². The minimum Gasteiger partial charge on any atom is -0.347 e. The molecule has 2 unspecified atom stereocenters. The Kier molecular flexibility index (Phi) is 18.8. The summed E-state index contributed by atoms with van der Waals surface area (Å²) in [6, 6.07) is 11.1. The van der Waals surface area contributed by atoms with Crippen LogP contribution in [0.15, 0.2) is 66.7 Å². The fourth-order valence-corrected chi connectivity index (χ4v) is 11.2. The van der Waals surface area contributed by atoms with Crippen LogP contribution in [0.1, 0.15) is 146 Å². The summed E-state index contributed by atoms with van der Waals surface area (Å²) in [5.74, 6) is -20.4. The largest absolute Gasteiger partial charge is 0.395 e. The molecule has 440 valence electrons. The first-order valence-corrected chi connectivity index (χ1v) is 28.1. The van der Waals surface area contributed by atoms with E-state index in [0.29, 0.717) is 30.4 Å². The van der Waals surface area contributed by atoms with E-state index in [9.17, 15) is 38.4 Å². The van der Waals surface area contributed by atoms with E-state index in [1.165, 1.54) is 23.1 Å². The number of aryl methyl sites for hydroxylation is 2. The normalized spacial score (nSPS) is 21.6. The third-order valence-electron chi connectivity index (χ3n) is 16.4. The lowest BCUT2D eigenvalue weighted by Gasteiger charge is -2.42. The van der Waals surface area contributed by atoms with Crippen LogP contribution >= 0.6 is 0 Å². The van der Waals surface area contributed by atoms with Gasteiger partial charge in [-0.05, 0) is 122 Å². The van der Waals surface area contributed by atoms with Crippen molar-refractivity contribution in [1.82, 2.24) is 41.7 Å². The zero-order valence-electron chi connectivity index (χ0n) is 48.0. The van der Waals surface area contributed by atoms with Crippen LogP contribution in [0.2, 0.25) is 0 Å². The number of alkyl halides is 4. The van der Waals surface area contributed by atoms with Crippen LogP contribution in [0.25, 0.3) is 0 Å². The van der Waals surface area contributed by atoms with Gasteiger partial charge in [-0.3, -0.25) is 38.4 Å². The Balaban J connectivity index is 1.11. The molecule has 3 aromatic rings. The molecule has 0 aromatic heterocycles. The number of likely N-dealkylation sites (N-methyl/N-ethyl adjacent to an activating group) is 1. The molecule has 1 fully saturated rings. The molecule has 1 saturated heterocycles. The van der Waals surface area contributed by atoms with E-state index in [2.05, 4.69) is 26.6 Å². The molecule has 17 nitrogen and oxygen atoms in total. The SMILES string of the molecule is CC[C@@H](C)C(=O)N[C@H](C(=O)N1Cc2cc(NC(=O)C(F)(F)C(F)(F)C(=O)N[C@H]3C[C@@H](C(=O)NC4CCCc5ccccc54)N(C(=O)[C@@H](NC(=O)[C@H](C)NC)C(C)(C)C)C3)ccc2C[C@H]1C(=O)NC1CCCc2ccccc21)C(C)(C)C. The molecule has 0 radical (unpaired) electrons. The number of likely N-dealkylation sites (tertiary alicyclic amines) is 1. The van der Waals surface area contributed by atoms with E-state index in [-0.39, 0.29) is 30.6 Å². The molecule has 2 aliphatic heterocycles. The third kappa shape index (κ3) is 13.6. The molecule has 0 bridgehead atoms. The van der Waals surface area contributed by atoms with Crippen molar-refractivity contribution in [2.24, 2.45) is 16.7 Å². The summed E-state index contributed by atoms with van der Waals surface area (Å²) in [5.41, 5.74) is 2.48. The summed E-state index contributed by atoms with van der Waals surface area (Å²) in [6.07, 6.45) is 4.29. The molecule has 9 atom stereocenters. The molecule has 8 amide bonds. The fraction of sp³-hybridized carbons (Fsp3) is 0.567. The monoisotopic (exact) mass is 1130 g/mol. The molecule has 7 N–H and O–H groups in total. The number of halogens is 4. The first kappa shape index (κ1) is 61.7. The predicted molar refractivity (Wildman–Crippen MR) is 296 cm³/mol. The molecular formula is C60H79F4N9O8. The minimum absolute atomic E-state index is 0.0671. The number of fused-ring (bicyclic) bond motifs is 3. The van der Waals surface area contributed by atoms with Gasteiger partial charge in [-0.15, -0.1) is 0 Å². The average molecular weight is 1130 g/mol. The van der Waals surface area contributed by atoms with Gasteiger partial charge in [0.05, 0.1) is 18.1 Å². The van der Waals surface area contributed by atoms with E-state index < -0.39 is 125 Å². The van der Waals surface area contributed by atoms with Gasteiger partial charge in [-0.2, -0.15) is 17.6 Å². The maximum atomic E-state index is 16.1.